The van der Waals surface area contributed by atoms with Gasteiger partial charge in [0.25, 0.3) is 5.91 Å². The Labute approximate surface area is 119 Å². The van der Waals surface area contributed by atoms with Crippen LogP contribution in [0.3, 0.4) is 0 Å². The second kappa shape index (κ2) is 5.75. The van der Waals surface area contributed by atoms with Crippen LogP contribution < -0.4 is 15.8 Å². The third-order valence-electron chi connectivity index (χ3n) is 2.49. The van der Waals surface area contributed by atoms with Gasteiger partial charge < -0.3 is 15.8 Å². The fourth-order valence-corrected chi connectivity index (χ4v) is 1.80. The SMILES string of the molecule is COc1cc(NC(=O)c2cc(N)nc(Cl)c2)ccc1F. The third-order valence-corrected chi connectivity index (χ3v) is 2.68. The number of anilines is 2. The number of hydrogen-bond donors (Lipinski definition) is 2. The Morgan fingerprint density at radius 2 is 2.15 bits per heavy atom. The molecule has 5 nitrogen and oxygen atoms in total. The summed E-state index contributed by atoms with van der Waals surface area (Å²) in [5.74, 6) is -0.772. The second-order valence-corrected chi connectivity index (χ2v) is 4.29. The lowest BCUT2D eigenvalue weighted by atomic mass is 10.2. The topological polar surface area (TPSA) is 77.2 Å². The molecule has 0 bridgehead atoms. The average Bonchev–Trinajstić information content (AvgIpc) is 2.39. The molecule has 1 heterocycles. The first kappa shape index (κ1) is 14.1. The predicted molar refractivity (Wildman–Crippen MR) is 74.6 cm³/mol. The van der Waals surface area contributed by atoms with E-state index < -0.39 is 11.7 Å². The Bertz CT molecular complexity index is 644. The number of halogens is 2. The molecule has 1 amide bonds. The highest BCUT2D eigenvalue weighted by Crippen LogP contribution is 2.22. The van der Waals surface area contributed by atoms with Crippen molar-refractivity contribution in [2.75, 3.05) is 18.2 Å². The van der Waals surface area contributed by atoms with Crippen molar-refractivity contribution in [3.05, 3.63) is 46.9 Å². The molecule has 2 rings (SSSR count). The highest BCUT2D eigenvalue weighted by Gasteiger charge is 2.10. The van der Waals surface area contributed by atoms with E-state index in [1.54, 1.807) is 0 Å². The first-order chi connectivity index (χ1) is 9.49. The van der Waals surface area contributed by atoms with E-state index in [4.69, 9.17) is 22.1 Å². The van der Waals surface area contributed by atoms with Gasteiger partial charge in [0.15, 0.2) is 11.6 Å². The van der Waals surface area contributed by atoms with E-state index in [0.717, 1.165) is 0 Å². The van der Waals surface area contributed by atoms with Crippen molar-refractivity contribution in [1.29, 1.82) is 0 Å². The van der Waals surface area contributed by atoms with Gasteiger partial charge in [-0.2, -0.15) is 0 Å². The maximum absolute atomic E-state index is 13.3. The third kappa shape index (κ3) is 3.16. The molecule has 0 fully saturated rings. The maximum atomic E-state index is 13.3. The van der Waals surface area contributed by atoms with Crippen LogP contribution in [0.4, 0.5) is 15.9 Å². The number of nitrogens with one attached hydrogen (secondary N) is 1. The molecule has 3 N–H and O–H groups in total. The van der Waals surface area contributed by atoms with Crippen LogP contribution in [0, 0.1) is 5.82 Å². The molecule has 1 aromatic heterocycles. The molecule has 0 saturated heterocycles. The number of pyridine rings is 1. The van der Waals surface area contributed by atoms with E-state index >= 15 is 0 Å². The molecule has 1 aromatic carbocycles. The number of aromatic nitrogens is 1. The number of nitrogen functional groups attached to an aromatic ring is 1. The van der Waals surface area contributed by atoms with Gasteiger partial charge in [-0.1, -0.05) is 11.6 Å². The number of rotatable bonds is 3. The Morgan fingerprint density at radius 3 is 2.80 bits per heavy atom. The zero-order valence-corrected chi connectivity index (χ0v) is 11.2. The van der Waals surface area contributed by atoms with E-state index in [2.05, 4.69) is 10.3 Å². The number of benzene rings is 1. The normalized spacial score (nSPS) is 10.2. The van der Waals surface area contributed by atoms with Crippen molar-refractivity contribution < 1.29 is 13.9 Å². The van der Waals surface area contributed by atoms with Gasteiger partial charge in [0, 0.05) is 17.3 Å². The molecule has 0 spiro atoms. The standard InChI is InChI=1S/C13H11ClFN3O2/c1-20-10-6-8(2-3-9(10)15)17-13(19)7-4-11(14)18-12(16)5-7/h2-6H,1H3,(H2,16,18)(H,17,19). The van der Waals surface area contributed by atoms with Crippen molar-refractivity contribution in [2.45, 2.75) is 0 Å². The summed E-state index contributed by atoms with van der Waals surface area (Å²) in [4.78, 5) is 15.8. The Balaban J connectivity index is 2.23. The molecule has 0 aliphatic carbocycles. The summed E-state index contributed by atoms with van der Waals surface area (Å²) < 4.78 is 18.1. The molecular formula is C13H11ClFN3O2. The zero-order chi connectivity index (χ0) is 14.7. The van der Waals surface area contributed by atoms with Crippen LogP contribution in [-0.4, -0.2) is 18.0 Å². The van der Waals surface area contributed by atoms with Crippen molar-refractivity contribution in [1.82, 2.24) is 4.98 Å². The molecule has 7 heteroatoms. The molecule has 2 aromatic rings. The molecule has 0 unspecified atom stereocenters. The van der Waals surface area contributed by atoms with E-state index in [1.807, 2.05) is 0 Å². The molecule has 0 radical (unpaired) electrons. The number of hydrogen-bond acceptors (Lipinski definition) is 4. The van der Waals surface area contributed by atoms with Crippen LogP contribution in [0.5, 0.6) is 5.75 Å². The quantitative estimate of drug-likeness (QED) is 0.854. The minimum absolute atomic E-state index is 0.0371. The largest absolute Gasteiger partial charge is 0.494 e. The summed E-state index contributed by atoms with van der Waals surface area (Å²) in [6.45, 7) is 0. The summed E-state index contributed by atoms with van der Waals surface area (Å²) in [7, 11) is 1.34. The lowest BCUT2D eigenvalue weighted by Crippen LogP contribution is -2.13. The molecule has 0 saturated carbocycles. The number of nitrogens with two attached hydrogens (primary N) is 1. The van der Waals surface area contributed by atoms with Gasteiger partial charge in [-0.3, -0.25) is 4.79 Å². The maximum Gasteiger partial charge on any atom is 0.255 e. The Hall–Kier alpha value is -2.34. The van der Waals surface area contributed by atoms with Crippen LogP contribution >= 0.6 is 11.6 Å². The summed E-state index contributed by atoms with van der Waals surface area (Å²) in [6.07, 6.45) is 0. The van der Waals surface area contributed by atoms with Crippen LogP contribution in [0.1, 0.15) is 10.4 Å². The fourth-order valence-electron chi connectivity index (χ4n) is 1.59. The number of amides is 1. The minimum atomic E-state index is -0.512. The van der Waals surface area contributed by atoms with Crippen molar-refractivity contribution >= 4 is 29.0 Å². The smallest absolute Gasteiger partial charge is 0.255 e. The van der Waals surface area contributed by atoms with Crippen LogP contribution in [0.15, 0.2) is 30.3 Å². The van der Waals surface area contributed by atoms with Gasteiger partial charge in [-0.15, -0.1) is 0 Å². The molecule has 104 valence electrons. The highest BCUT2D eigenvalue weighted by molar-refractivity contribution is 6.30. The average molecular weight is 296 g/mol. The first-order valence-corrected chi connectivity index (χ1v) is 5.95. The number of ether oxygens (including phenoxy) is 1. The fraction of sp³-hybridized carbons (Fsp3) is 0.0769. The molecule has 0 atom stereocenters. The minimum Gasteiger partial charge on any atom is -0.494 e. The van der Waals surface area contributed by atoms with Crippen molar-refractivity contribution in [3.63, 3.8) is 0 Å². The van der Waals surface area contributed by atoms with Crippen LogP contribution in [0.2, 0.25) is 5.15 Å². The summed E-state index contributed by atoms with van der Waals surface area (Å²) >= 11 is 5.72. The molecule has 0 aliphatic rings. The lowest BCUT2D eigenvalue weighted by Gasteiger charge is -2.08. The Kier molecular flexibility index (Phi) is 4.05. The van der Waals surface area contributed by atoms with Gasteiger partial charge in [0.2, 0.25) is 0 Å². The molecular weight excluding hydrogens is 285 g/mol. The highest BCUT2D eigenvalue weighted by atomic mass is 35.5. The zero-order valence-electron chi connectivity index (χ0n) is 10.5. The predicted octanol–water partition coefficient (Wildman–Crippen LogP) is 2.72. The van der Waals surface area contributed by atoms with Gasteiger partial charge in [-0.25, -0.2) is 9.37 Å². The molecule has 20 heavy (non-hydrogen) atoms. The first-order valence-electron chi connectivity index (χ1n) is 5.57. The van der Waals surface area contributed by atoms with E-state index in [-0.39, 0.29) is 22.3 Å². The van der Waals surface area contributed by atoms with Gasteiger partial charge in [-0.05, 0) is 24.3 Å². The van der Waals surface area contributed by atoms with Crippen molar-refractivity contribution in [3.8, 4) is 5.75 Å². The molecule has 0 aliphatic heterocycles. The van der Waals surface area contributed by atoms with Gasteiger partial charge in [0.05, 0.1) is 7.11 Å². The second-order valence-electron chi connectivity index (χ2n) is 3.91. The summed E-state index contributed by atoms with van der Waals surface area (Å²) in [6, 6.07) is 6.76. The lowest BCUT2D eigenvalue weighted by molar-refractivity contribution is 0.102. The van der Waals surface area contributed by atoms with Crippen LogP contribution in [-0.2, 0) is 0 Å². The van der Waals surface area contributed by atoms with E-state index in [1.165, 1.54) is 37.4 Å². The van der Waals surface area contributed by atoms with Crippen LogP contribution in [0.25, 0.3) is 0 Å². The monoisotopic (exact) mass is 295 g/mol. The number of carbonyl (C=O) groups is 1. The summed E-state index contributed by atoms with van der Waals surface area (Å²) in [5.41, 5.74) is 6.16. The number of methoxy groups -OCH3 is 1. The van der Waals surface area contributed by atoms with Gasteiger partial charge >= 0.3 is 0 Å². The van der Waals surface area contributed by atoms with Gasteiger partial charge in [0.1, 0.15) is 11.0 Å². The number of nitrogens with zero attached hydrogens (tertiary/aromatic N) is 1. The van der Waals surface area contributed by atoms with Crippen molar-refractivity contribution in [2.24, 2.45) is 0 Å². The Morgan fingerprint density at radius 1 is 1.40 bits per heavy atom. The van der Waals surface area contributed by atoms with E-state index in [9.17, 15) is 9.18 Å². The number of carbonyl (C=O) groups excluding carboxylic acids is 1. The summed E-state index contributed by atoms with van der Waals surface area (Å²) in [5, 5.41) is 2.70. The van der Waals surface area contributed by atoms with E-state index in [0.29, 0.717) is 5.69 Å².